The van der Waals surface area contributed by atoms with E-state index >= 15 is 0 Å². The van der Waals surface area contributed by atoms with Crippen LogP contribution in [0.15, 0.2) is 18.2 Å². The second kappa shape index (κ2) is 5.11. The highest BCUT2D eigenvalue weighted by molar-refractivity contribution is 5.98. The van der Waals surface area contributed by atoms with Gasteiger partial charge in [-0.1, -0.05) is 0 Å². The summed E-state index contributed by atoms with van der Waals surface area (Å²) in [5.74, 6) is 1.09. The summed E-state index contributed by atoms with van der Waals surface area (Å²) in [4.78, 5) is 11.7. The molecule has 0 amide bonds. The van der Waals surface area contributed by atoms with Crippen LogP contribution in [-0.2, 0) is 11.2 Å². The van der Waals surface area contributed by atoms with Gasteiger partial charge in [-0.3, -0.25) is 4.79 Å². The van der Waals surface area contributed by atoms with Gasteiger partial charge in [0.15, 0.2) is 12.1 Å². The SMILES string of the molecule is O=C1CCCc2cc(O[C@H]3CCCCO3)ccc21. The smallest absolute Gasteiger partial charge is 0.199 e. The number of ketones is 1. The van der Waals surface area contributed by atoms with Crippen LogP contribution in [0.1, 0.15) is 48.0 Å². The molecule has 3 rings (SSSR count). The number of rotatable bonds is 2. The summed E-state index contributed by atoms with van der Waals surface area (Å²) in [6.45, 7) is 0.786. The van der Waals surface area contributed by atoms with Crippen molar-refractivity contribution in [1.82, 2.24) is 0 Å². The van der Waals surface area contributed by atoms with Crippen molar-refractivity contribution in [3.05, 3.63) is 29.3 Å². The number of ether oxygens (including phenoxy) is 2. The fourth-order valence-electron chi connectivity index (χ4n) is 2.65. The third-order valence-electron chi connectivity index (χ3n) is 3.63. The molecule has 0 N–H and O–H groups in total. The van der Waals surface area contributed by atoms with E-state index in [2.05, 4.69) is 0 Å². The monoisotopic (exact) mass is 246 g/mol. The van der Waals surface area contributed by atoms with E-state index in [1.54, 1.807) is 0 Å². The topological polar surface area (TPSA) is 35.5 Å². The van der Waals surface area contributed by atoms with Gasteiger partial charge in [0, 0.05) is 18.4 Å². The molecule has 0 radical (unpaired) electrons. The third-order valence-corrected chi connectivity index (χ3v) is 3.63. The summed E-state index contributed by atoms with van der Waals surface area (Å²) in [6, 6.07) is 5.79. The molecule has 0 unspecified atom stereocenters. The average molecular weight is 246 g/mol. The van der Waals surface area contributed by atoms with Crippen molar-refractivity contribution in [2.24, 2.45) is 0 Å². The van der Waals surface area contributed by atoms with Crippen molar-refractivity contribution < 1.29 is 14.3 Å². The molecule has 1 aromatic carbocycles. The van der Waals surface area contributed by atoms with E-state index in [0.29, 0.717) is 6.42 Å². The van der Waals surface area contributed by atoms with Crippen LogP contribution in [0.5, 0.6) is 5.75 Å². The molecule has 1 saturated heterocycles. The van der Waals surface area contributed by atoms with Crippen LogP contribution in [0.4, 0.5) is 0 Å². The molecule has 3 nitrogen and oxygen atoms in total. The first-order valence-corrected chi connectivity index (χ1v) is 6.77. The van der Waals surface area contributed by atoms with E-state index < -0.39 is 0 Å². The molecule has 1 heterocycles. The number of carbonyl (C=O) groups is 1. The molecule has 2 aliphatic rings. The van der Waals surface area contributed by atoms with Crippen molar-refractivity contribution in [2.75, 3.05) is 6.61 Å². The van der Waals surface area contributed by atoms with Crippen LogP contribution in [-0.4, -0.2) is 18.7 Å². The lowest BCUT2D eigenvalue weighted by Crippen LogP contribution is -2.25. The lowest BCUT2D eigenvalue weighted by Gasteiger charge is -2.24. The molecule has 0 aromatic heterocycles. The molecule has 1 atom stereocenters. The number of aryl methyl sites for hydroxylation is 1. The molecule has 1 aliphatic heterocycles. The second-order valence-electron chi connectivity index (χ2n) is 5.01. The maximum absolute atomic E-state index is 11.7. The molecule has 0 saturated carbocycles. The van der Waals surface area contributed by atoms with E-state index in [1.165, 1.54) is 0 Å². The number of benzene rings is 1. The molecule has 0 bridgehead atoms. The molecule has 18 heavy (non-hydrogen) atoms. The van der Waals surface area contributed by atoms with E-state index in [1.807, 2.05) is 18.2 Å². The quantitative estimate of drug-likeness (QED) is 0.804. The summed E-state index contributed by atoms with van der Waals surface area (Å²) in [7, 11) is 0. The number of hydrogen-bond donors (Lipinski definition) is 0. The highest BCUT2D eigenvalue weighted by atomic mass is 16.7. The normalized spacial score (nSPS) is 23.6. The maximum Gasteiger partial charge on any atom is 0.199 e. The Balaban J connectivity index is 1.75. The van der Waals surface area contributed by atoms with Gasteiger partial charge in [0.25, 0.3) is 0 Å². The average Bonchev–Trinajstić information content (AvgIpc) is 2.40. The number of carbonyl (C=O) groups excluding carboxylic acids is 1. The summed E-state index contributed by atoms with van der Waals surface area (Å²) >= 11 is 0. The van der Waals surface area contributed by atoms with Crippen LogP contribution in [0, 0.1) is 0 Å². The third kappa shape index (κ3) is 2.41. The Morgan fingerprint density at radius 2 is 2.11 bits per heavy atom. The van der Waals surface area contributed by atoms with Crippen LogP contribution in [0.25, 0.3) is 0 Å². The first kappa shape index (κ1) is 11.7. The first-order chi connectivity index (χ1) is 8.83. The van der Waals surface area contributed by atoms with Crippen molar-refractivity contribution in [1.29, 1.82) is 0 Å². The molecule has 1 fully saturated rings. The van der Waals surface area contributed by atoms with Crippen LogP contribution >= 0.6 is 0 Å². The van der Waals surface area contributed by atoms with Crippen molar-refractivity contribution in [2.45, 2.75) is 44.8 Å². The molecule has 96 valence electrons. The molecule has 1 aromatic rings. The zero-order valence-electron chi connectivity index (χ0n) is 10.5. The van der Waals surface area contributed by atoms with Crippen LogP contribution in [0.2, 0.25) is 0 Å². The first-order valence-electron chi connectivity index (χ1n) is 6.77. The van der Waals surface area contributed by atoms with Gasteiger partial charge < -0.3 is 9.47 Å². The summed E-state index contributed by atoms with van der Waals surface area (Å²) in [6.07, 6.45) is 5.73. The van der Waals surface area contributed by atoms with Gasteiger partial charge in [-0.25, -0.2) is 0 Å². The van der Waals surface area contributed by atoms with Crippen molar-refractivity contribution in [3.63, 3.8) is 0 Å². The van der Waals surface area contributed by atoms with Gasteiger partial charge in [0.1, 0.15) is 5.75 Å². The molecular formula is C15H18O3. The highest BCUT2D eigenvalue weighted by Crippen LogP contribution is 2.27. The minimum atomic E-state index is -0.115. The Labute approximate surface area is 107 Å². The molecule has 3 heteroatoms. The minimum absolute atomic E-state index is 0.115. The predicted molar refractivity (Wildman–Crippen MR) is 67.9 cm³/mol. The Morgan fingerprint density at radius 3 is 2.94 bits per heavy atom. The summed E-state index contributed by atoms with van der Waals surface area (Å²) in [5, 5.41) is 0. The van der Waals surface area contributed by atoms with Gasteiger partial charge in [-0.05, 0) is 49.4 Å². The Kier molecular flexibility index (Phi) is 3.33. The molecule has 0 spiro atoms. The summed E-state index contributed by atoms with van der Waals surface area (Å²) < 4.78 is 11.4. The predicted octanol–water partition coefficient (Wildman–Crippen LogP) is 3.11. The van der Waals surface area contributed by atoms with Crippen LogP contribution in [0.3, 0.4) is 0 Å². The number of hydrogen-bond acceptors (Lipinski definition) is 3. The largest absolute Gasteiger partial charge is 0.465 e. The molecular weight excluding hydrogens is 228 g/mol. The maximum atomic E-state index is 11.7. The fraction of sp³-hybridized carbons (Fsp3) is 0.533. The van der Waals surface area contributed by atoms with Gasteiger partial charge in [-0.15, -0.1) is 0 Å². The molecule has 1 aliphatic carbocycles. The standard InChI is InChI=1S/C15H18O3/c16-14-5-3-4-11-10-12(7-8-13(11)14)18-15-6-1-2-9-17-15/h7-8,10,15H,1-6,9H2/t15-/m0/s1. The van der Waals surface area contributed by atoms with E-state index in [0.717, 1.165) is 55.6 Å². The number of Topliss-reactive ketones (excluding diaryl/α,β-unsaturated/α-hetero) is 1. The van der Waals surface area contributed by atoms with Crippen molar-refractivity contribution >= 4 is 5.78 Å². The fourth-order valence-corrected chi connectivity index (χ4v) is 2.65. The van der Waals surface area contributed by atoms with Gasteiger partial charge >= 0.3 is 0 Å². The Morgan fingerprint density at radius 1 is 1.17 bits per heavy atom. The van der Waals surface area contributed by atoms with Crippen LogP contribution < -0.4 is 4.74 Å². The Hall–Kier alpha value is -1.35. The second-order valence-corrected chi connectivity index (χ2v) is 5.01. The van der Waals surface area contributed by atoms with E-state index in [4.69, 9.17) is 9.47 Å². The summed E-state index contributed by atoms with van der Waals surface area (Å²) in [5.41, 5.74) is 2.00. The number of fused-ring (bicyclic) bond motifs is 1. The van der Waals surface area contributed by atoms with E-state index in [9.17, 15) is 4.79 Å². The highest BCUT2D eigenvalue weighted by Gasteiger charge is 2.19. The van der Waals surface area contributed by atoms with Gasteiger partial charge in [0.05, 0.1) is 6.61 Å². The zero-order chi connectivity index (χ0) is 12.4. The Bertz CT molecular complexity index is 447. The minimum Gasteiger partial charge on any atom is -0.465 e. The lowest BCUT2D eigenvalue weighted by molar-refractivity contribution is -0.105. The van der Waals surface area contributed by atoms with E-state index in [-0.39, 0.29) is 12.1 Å². The van der Waals surface area contributed by atoms with Gasteiger partial charge in [0.2, 0.25) is 0 Å². The van der Waals surface area contributed by atoms with Gasteiger partial charge in [-0.2, -0.15) is 0 Å². The lowest BCUT2D eigenvalue weighted by atomic mass is 9.90. The zero-order valence-corrected chi connectivity index (χ0v) is 10.5. The van der Waals surface area contributed by atoms with Crippen molar-refractivity contribution in [3.8, 4) is 5.75 Å².